The second-order valence-electron chi connectivity index (χ2n) is 9.58. The summed E-state index contributed by atoms with van der Waals surface area (Å²) < 4.78 is 0. The molecule has 6 rings (SSSR count). The van der Waals surface area contributed by atoms with E-state index < -0.39 is 23.4 Å². The van der Waals surface area contributed by atoms with Crippen LogP contribution in [0, 0.1) is 5.92 Å². The molecule has 0 aliphatic heterocycles. The average molecular weight is 473 g/mol. The van der Waals surface area contributed by atoms with Gasteiger partial charge >= 0.3 is 0 Å². The molecule has 0 heterocycles. The van der Waals surface area contributed by atoms with Crippen LogP contribution in [0.4, 0.5) is 0 Å². The molecule has 4 aromatic carbocycles. The van der Waals surface area contributed by atoms with Crippen molar-refractivity contribution in [3.05, 3.63) is 143 Å². The fourth-order valence-corrected chi connectivity index (χ4v) is 6.32. The maximum absolute atomic E-state index is 14.3. The van der Waals surface area contributed by atoms with Crippen molar-refractivity contribution in [1.29, 1.82) is 0 Å². The van der Waals surface area contributed by atoms with Gasteiger partial charge in [0.1, 0.15) is 0 Å². The maximum Gasteiger partial charge on any atom is 0.177 e. The number of aliphatic hydroxyl groups is 1. The van der Waals surface area contributed by atoms with Gasteiger partial charge in [0.25, 0.3) is 0 Å². The Balaban J connectivity index is 1.57. The van der Waals surface area contributed by atoms with Crippen LogP contribution in [-0.2, 0) is 5.41 Å². The first-order valence-electron chi connectivity index (χ1n) is 12.1. The van der Waals surface area contributed by atoms with Gasteiger partial charge in [0.2, 0.25) is 0 Å². The lowest BCUT2D eigenvalue weighted by molar-refractivity contribution is 0.0387. The third kappa shape index (κ3) is 3.08. The minimum absolute atomic E-state index is 0.0579. The first-order chi connectivity index (χ1) is 17.5. The van der Waals surface area contributed by atoms with Crippen molar-refractivity contribution in [1.82, 2.24) is 0 Å². The fraction of sp³-hybridized carbons (Fsp3) is 0.156. The van der Waals surface area contributed by atoms with Gasteiger partial charge in [-0.15, -0.1) is 0 Å². The summed E-state index contributed by atoms with van der Waals surface area (Å²) in [4.78, 5) is 42.0. The molecular weight excluding hydrogens is 448 g/mol. The second kappa shape index (κ2) is 8.51. The number of benzene rings is 4. The summed E-state index contributed by atoms with van der Waals surface area (Å²) in [6.45, 7) is 0. The van der Waals surface area contributed by atoms with Crippen molar-refractivity contribution in [2.24, 2.45) is 5.92 Å². The van der Waals surface area contributed by atoms with Crippen molar-refractivity contribution in [2.45, 2.75) is 23.9 Å². The normalized spacial score (nSPS) is 23.9. The summed E-state index contributed by atoms with van der Waals surface area (Å²) in [5.41, 5.74) is 1.90. The topological polar surface area (TPSA) is 71.4 Å². The Kier molecular flexibility index (Phi) is 5.27. The van der Waals surface area contributed by atoms with Gasteiger partial charge in [0, 0.05) is 34.9 Å². The summed E-state index contributed by atoms with van der Waals surface area (Å²) in [5.74, 6) is -2.09. The van der Waals surface area contributed by atoms with E-state index in [-0.39, 0.29) is 23.8 Å². The van der Waals surface area contributed by atoms with Crippen molar-refractivity contribution >= 4 is 17.3 Å². The zero-order valence-corrected chi connectivity index (χ0v) is 19.5. The van der Waals surface area contributed by atoms with Crippen molar-refractivity contribution in [3.63, 3.8) is 0 Å². The molecule has 1 spiro atoms. The first-order valence-corrected chi connectivity index (χ1v) is 12.1. The van der Waals surface area contributed by atoms with Crippen LogP contribution in [0.3, 0.4) is 0 Å². The van der Waals surface area contributed by atoms with Crippen LogP contribution in [0.2, 0.25) is 0 Å². The molecule has 2 aliphatic carbocycles. The molecule has 0 fully saturated rings. The number of fused-ring (bicyclic) bond motifs is 3. The van der Waals surface area contributed by atoms with Gasteiger partial charge in [0.05, 0.1) is 11.5 Å². The number of hydrogen-bond donors (Lipinski definition) is 1. The molecule has 36 heavy (non-hydrogen) atoms. The second-order valence-corrected chi connectivity index (χ2v) is 9.58. The summed E-state index contributed by atoms with van der Waals surface area (Å²) in [6, 6.07) is 32.3. The molecule has 4 heteroatoms. The molecule has 0 saturated carbocycles. The molecule has 0 aromatic heterocycles. The lowest BCUT2D eigenvalue weighted by Crippen LogP contribution is -2.46. The average Bonchev–Trinajstić information content (AvgIpc) is 3.35. The highest BCUT2D eigenvalue weighted by Crippen LogP contribution is 2.62. The van der Waals surface area contributed by atoms with Gasteiger partial charge in [-0.05, 0) is 16.7 Å². The molecule has 0 saturated heterocycles. The predicted molar refractivity (Wildman–Crippen MR) is 136 cm³/mol. The Morgan fingerprint density at radius 2 is 1.25 bits per heavy atom. The number of carbonyl (C=O) groups excluding carboxylic acids is 3. The standard InChI is InChI=1S/C32H24O4/c33-27(20-11-3-1-4-12-20)19-25-22-15-9-10-18-26(22)32(28(25)29(34)21-13-5-2-6-14-21)30(35)23-16-7-8-17-24(23)31(32)36/h1-18,25,28,30,35H,19H2/t25-,28+,30+,32-/m1/s1. The molecule has 4 nitrogen and oxygen atoms in total. The molecule has 1 N–H and O–H groups in total. The van der Waals surface area contributed by atoms with Crippen LogP contribution in [0.25, 0.3) is 0 Å². The Morgan fingerprint density at radius 3 is 1.92 bits per heavy atom. The third-order valence-electron chi connectivity index (χ3n) is 7.85. The predicted octanol–water partition coefficient (Wildman–Crippen LogP) is 5.72. The van der Waals surface area contributed by atoms with Gasteiger partial charge in [-0.1, -0.05) is 109 Å². The minimum Gasteiger partial charge on any atom is -0.387 e. The van der Waals surface area contributed by atoms with Crippen molar-refractivity contribution < 1.29 is 19.5 Å². The van der Waals surface area contributed by atoms with Gasteiger partial charge in [-0.2, -0.15) is 0 Å². The van der Waals surface area contributed by atoms with Gasteiger partial charge in [-0.25, -0.2) is 0 Å². The van der Waals surface area contributed by atoms with E-state index in [1.54, 1.807) is 60.7 Å². The summed E-state index contributed by atoms with van der Waals surface area (Å²) in [7, 11) is 0. The van der Waals surface area contributed by atoms with Crippen LogP contribution in [0.5, 0.6) is 0 Å². The van der Waals surface area contributed by atoms with Gasteiger partial charge in [0.15, 0.2) is 17.3 Å². The summed E-state index contributed by atoms with van der Waals surface area (Å²) in [6.07, 6.45) is -1.14. The Hall–Kier alpha value is -4.15. The van der Waals surface area contributed by atoms with E-state index in [9.17, 15) is 19.5 Å². The number of Topliss-reactive ketones (excluding diaryl/α,β-unsaturated/α-hetero) is 3. The van der Waals surface area contributed by atoms with Crippen LogP contribution in [0.15, 0.2) is 109 Å². The molecule has 2 aliphatic rings. The maximum atomic E-state index is 14.3. The number of aliphatic hydroxyl groups excluding tert-OH is 1. The van der Waals surface area contributed by atoms with Gasteiger partial charge < -0.3 is 5.11 Å². The molecular formula is C32H24O4. The number of carbonyl (C=O) groups is 3. The summed E-state index contributed by atoms with van der Waals surface area (Å²) >= 11 is 0. The number of hydrogen-bond acceptors (Lipinski definition) is 4. The summed E-state index contributed by atoms with van der Waals surface area (Å²) in [5, 5.41) is 11.8. The van der Waals surface area contributed by atoms with Crippen molar-refractivity contribution in [2.75, 3.05) is 0 Å². The van der Waals surface area contributed by atoms with Crippen LogP contribution in [0.1, 0.15) is 66.2 Å². The van der Waals surface area contributed by atoms with E-state index in [2.05, 4.69) is 0 Å². The van der Waals surface area contributed by atoms with Crippen LogP contribution >= 0.6 is 0 Å². The lowest BCUT2D eigenvalue weighted by atomic mass is 9.65. The molecule has 0 radical (unpaired) electrons. The molecule has 4 aromatic rings. The number of ketones is 3. The molecule has 0 amide bonds. The van der Waals surface area contributed by atoms with Crippen LogP contribution < -0.4 is 0 Å². The number of rotatable bonds is 5. The van der Waals surface area contributed by atoms with E-state index >= 15 is 0 Å². The van der Waals surface area contributed by atoms with Crippen molar-refractivity contribution in [3.8, 4) is 0 Å². The Bertz CT molecular complexity index is 1490. The van der Waals surface area contributed by atoms with E-state index in [4.69, 9.17) is 0 Å². The zero-order chi connectivity index (χ0) is 24.9. The minimum atomic E-state index is -1.49. The van der Waals surface area contributed by atoms with E-state index in [0.29, 0.717) is 27.8 Å². The van der Waals surface area contributed by atoms with Gasteiger partial charge in [-0.3, -0.25) is 14.4 Å². The van der Waals surface area contributed by atoms with E-state index in [1.807, 2.05) is 48.5 Å². The lowest BCUT2D eigenvalue weighted by Gasteiger charge is -2.35. The SMILES string of the molecule is O=C(C[C@@H]1c2ccccc2[C@@]2(C(=O)c3ccccc3[C@@H]2O)[C@@H]1C(=O)c1ccccc1)c1ccccc1. The third-order valence-corrected chi connectivity index (χ3v) is 7.85. The van der Waals surface area contributed by atoms with E-state index in [1.165, 1.54) is 0 Å². The molecule has 0 bridgehead atoms. The molecule has 176 valence electrons. The Morgan fingerprint density at radius 1 is 0.694 bits per heavy atom. The first kappa shape index (κ1) is 22.3. The van der Waals surface area contributed by atoms with Crippen LogP contribution in [-0.4, -0.2) is 22.5 Å². The highest BCUT2D eigenvalue weighted by atomic mass is 16.3. The highest BCUT2D eigenvalue weighted by molar-refractivity contribution is 6.15. The molecule has 4 atom stereocenters. The quantitative estimate of drug-likeness (QED) is 0.377. The molecule has 0 unspecified atom stereocenters. The fourth-order valence-electron chi connectivity index (χ4n) is 6.32. The smallest absolute Gasteiger partial charge is 0.177 e. The Labute approximate surface area is 209 Å². The zero-order valence-electron chi connectivity index (χ0n) is 19.5. The largest absolute Gasteiger partial charge is 0.387 e. The monoisotopic (exact) mass is 472 g/mol. The van der Waals surface area contributed by atoms with E-state index in [0.717, 1.165) is 5.56 Å². The highest BCUT2D eigenvalue weighted by Gasteiger charge is 2.66.